The zero-order valence-electron chi connectivity index (χ0n) is 20.5. The quantitative estimate of drug-likeness (QED) is 0.243. The van der Waals surface area contributed by atoms with Crippen LogP contribution in [0.1, 0.15) is 63.0 Å². The molecule has 9 heteroatoms. The van der Waals surface area contributed by atoms with E-state index in [2.05, 4.69) is 15.5 Å². The molecule has 0 aromatic heterocycles. The molecule has 1 amide bonds. The highest BCUT2D eigenvalue weighted by Crippen LogP contribution is 2.33. The standard InChI is InChI=1S/C27H34F5N3O/c1-2-3-5-8-22(28)25(29)26(36)34-23-14-13-21(17-24(23)35-15-6-4-7-16-35)33-18-19-9-11-20(12-10-19)27(30,31)32/h9-14,17,22,25,33H,2-8,15-16,18H2,1H3,(H,34,36)/t22-,25-/m1/s1. The van der Waals surface area contributed by atoms with Gasteiger partial charge in [-0.1, -0.05) is 38.3 Å². The van der Waals surface area contributed by atoms with Gasteiger partial charge in [0, 0.05) is 25.3 Å². The van der Waals surface area contributed by atoms with Crippen molar-refractivity contribution < 1.29 is 26.7 Å². The van der Waals surface area contributed by atoms with Crippen molar-refractivity contribution in [1.82, 2.24) is 0 Å². The molecule has 0 spiro atoms. The largest absolute Gasteiger partial charge is 0.416 e. The summed E-state index contributed by atoms with van der Waals surface area (Å²) in [6.45, 7) is 3.81. The molecule has 1 aliphatic heterocycles. The highest BCUT2D eigenvalue weighted by atomic mass is 19.4. The maximum absolute atomic E-state index is 14.5. The zero-order chi connectivity index (χ0) is 26.1. The van der Waals surface area contributed by atoms with Crippen LogP contribution in [0.5, 0.6) is 0 Å². The Kier molecular flexibility index (Phi) is 9.96. The minimum Gasteiger partial charge on any atom is -0.381 e. The van der Waals surface area contributed by atoms with Crippen LogP contribution in [-0.2, 0) is 17.5 Å². The summed E-state index contributed by atoms with van der Waals surface area (Å²) in [6.07, 6.45) is -3.21. The predicted molar refractivity (Wildman–Crippen MR) is 134 cm³/mol. The normalized spacial score (nSPS) is 15.9. The Hall–Kier alpha value is -2.84. The van der Waals surface area contributed by atoms with Crippen molar-refractivity contribution in [1.29, 1.82) is 0 Å². The Morgan fingerprint density at radius 2 is 1.69 bits per heavy atom. The van der Waals surface area contributed by atoms with Crippen LogP contribution in [0.25, 0.3) is 0 Å². The number of rotatable bonds is 11. The summed E-state index contributed by atoms with van der Waals surface area (Å²) < 4.78 is 67.1. The molecule has 2 aromatic carbocycles. The maximum atomic E-state index is 14.5. The van der Waals surface area contributed by atoms with Gasteiger partial charge in [-0.2, -0.15) is 13.2 Å². The van der Waals surface area contributed by atoms with E-state index in [0.717, 1.165) is 57.3 Å². The minimum absolute atomic E-state index is 0.00815. The fraction of sp³-hybridized carbons (Fsp3) is 0.519. The molecule has 0 radical (unpaired) electrons. The Bertz CT molecular complexity index is 974. The molecule has 1 aliphatic rings. The van der Waals surface area contributed by atoms with Gasteiger partial charge in [0.25, 0.3) is 5.91 Å². The lowest BCUT2D eigenvalue weighted by Crippen LogP contribution is -2.34. The summed E-state index contributed by atoms with van der Waals surface area (Å²) in [6, 6.07) is 10.1. The first-order chi connectivity index (χ1) is 17.2. The van der Waals surface area contributed by atoms with Gasteiger partial charge in [-0.3, -0.25) is 4.79 Å². The number of nitrogens with one attached hydrogen (secondary N) is 2. The van der Waals surface area contributed by atoms with Gasteiger partial charge in [0.05, 0.1) is 16.9 Å². The molecular formula is C27H34F5N3O. The summed E-state index contributed by atoms with van der Waals surface area (Å²) in [5, 5.41) is 5.76. The number of piperidine rings is 1. The number of hydrogen-bond donors (Lipinski definition) is 2. The molecule has 0 unspecified atom stereocenters. The number of anilines is 3. The molecular weight excluding hydrogens is 477 g/mol. The highest BCUT2D eigenvalue weighted by Gasteiger charge is 2.30. The third-order valence-corrected chi connectivity index (χ3v) is 6.38. The average molecular weight is 512 g/mol. The number of carbonyl (C=O) groups excluding carboxylic acids is 1. The average Bonchev–Trinajstić information content (AvgIpc) is 2.88. The van der Waals surface area contributed by atoms with Crippen LogP contribution in [0, 0.1) is 0 Å². The van der Waals surface area contributed by atoms with Crippen molar-refractivity contribution in [3.8, 4) is 0 Å². The summed E-state index contributed by atoms with van der Waals surface area (Å²) in [5.74, 6) is -0.997. The fourth-order valence-electron chi connectivity index (χ4n) is 4.26. The Balaban J connectivity index is 1.71. The van der Waals surface area contributed by atoms with Gasteiger partial charge in [-0.15, -0.1) is 0 Å². The van der Waals surface area contributed by atoms with Crippen molar-refractivity contribution in [3.63, 3.8) is 0 Å². The summed E-state index contributed by atoms with van der Waals surface area (Å²) in [4.78, 5) is 14.6. The number of halogens is 5. The molecule has 3 rings (SSSR count). The van der Waals surface area contributed by atoms with E-state index in [9.17, 15) is 26.7 Å². The van der Waals surface area contributed by atoms with Crippen LogP contribution in [0.2, 0.25) is 0 Å². The summed E-state index contributed by atoms with van der Waals surface area (Å²) >= 11 is 0. The van der Waals surface area contributed by atoms with Gasteiger partial charge < -0.3 is 15.5 Å². The molecule has 0 aliphatic carbocycles. The second-order valence-electron chi connectivity index (χ2n) is 9.23. The van der Waals surface area contributed by atoms with E-state index < -0.39 is 30.0 Å². The minimum atomic E-state index is -4.38. The van der Waals surface area contributed by atoms with E-state index in [1.165, 1.54) is 12.1 Å². The van der Waals surface area contributed by atoms with Crippen molar-refractivity contribution >= 4 is 23.0 Å². The molecule has 198 valence electrons. The van der Waals surface area contributed by atoms with Gasteiger partial charge in [-0.25, -0.2) is 8.78 Å². The van der Waals surface area contributed by atoms with E-state index in [-0.39, 0.29) is 6.42 Å². The van der Waals surface area contributed by atoms with Gasteiger partial charge in [0.15, 0.2) is 0 Å². The molecule has 2 atom stereocenters. The van der Waals surface area contributed by atoms with Gasteiger partial charge in [0.1, 0.15) is 6.17 Å². The first-order valence-electron chi connectivity index (χ1n) is 12.6. The SMILES string of the molecule is CCCCC[C@@H](F)[C@@H](F)C(=O)Nc1ccc(NCc2ccc(C(F)(F)F)cc2)cc1N1CCCCC1. The number of unbranched alkanes of at least 4 members (excludes halogenated alkanes) is 2. The molecule has 36 heavy (non-hydrogen) atoms. The number of hydrogen-bond acceptors (Lipinski definition) is 3. The van der Waals surface area contributed by atoms with E-state index in [4.69, 9.17) is 0 Å². The number of benzene rings is 2. The van der Waals surface area contributed by atoms with Crippen molar-refractivity contribution in [3.05, 3.63) is 53.6 Å². The summed E-state index contributed by atoms with van der Waals surface area (Å²) in [7, 11) is 0. The number of nitrogens with zero attached hydrogens (tertiary/aromatic N) is 1. The lowest BCUT2D eigenvalue weighted by Gasteiger charge is -2.31. The Morgan fingerprint density at radius 3 is 2.33 bits per heavy atom. The lowest BCUT2D eigenvalue weighted by molar-refractivity contribution is -0.137. The van der Waals surface area contributed by atoms with Gasteiger partial charge in [0.2, 0.25) is 6.17 Å². The van der Waals surface area contributed by atoms with E-state index >= 15 is 0 Å². The second-order valence-corrected chi connectivity index (χ2v) is 9.23. The Labute approximate surface area is 209 Å². The maximum Gasteiger partial charge on any atom is 0.416 e. The van der Waals surface area contributed by atoms with Crippen LogP contribution in [0.15, 0.2) is 42.5 Å². The first-order valence-corrected chi connectivity index (χ1v) is 12.6. The topological polar surface area (TPSA) is 44.4 Å². The summed E-state index contributed by atoms with van der Waals surface area (Å²) in [5.41, 5.74) is 1.79. The number of amides is 1. The van der Waals surface area contributed by atoms with Crippen molar-refractivity contribution in [2.45, 2.75) is 76.9 Å². The molecule has 0 saturated carbocycles. The molecule has 0 bridgehead atoms. The first kappa shape index (κ1) is 27.7. The van der Waals surface area contributed by atoms with Crippen LogP contribution in [0.3, 0.4) is 0 Å². The van der Waals surface area contributed by atoms with Crippen LogP contribution >= 0.6 is 0 Å². The lowest BCUT2D eigenvalue weighted by atomic mass is 10.1. The predicted octanol–water partition coefficient (Wildman–Crippen LogP) is 7.50. The molecule has 1 saturated heterocycles. The van der Waals surface area contributed by atoms with Crippen LogP contribution in [-0.4, -0.2) is 31.3 Å². The van der Waals surface area contributed by atoms with E-state index in [1.807, 2.05) is 13.0 Å². The van der Waals surface area contributed by atoms with Crippen molar-refractivity contribution in [2.24, 2.45) is 0 Å². The fourth-order valence-corrected chi connectivity index (χ4v) is 4.26. The van der Waals surface area contributed by atoms with E-state index in [1.54, 1.807) is 12.1 Å². The number of carbonyl (C=O) groups is 1. The van der Waals surface area contributed by atoms with Gasteiger partial charge in [-0.05, 0) is 61.6 Å². The molecule has 2 N–H and O–H groups in total. The molecule has 2 aromatic rings. The van der Waals surface area contributed by atoms with Gasteiger partial charge >= 0.3 is 6.18 Å². The zero-order valence-corrected chi connectivity index (χ0v) is 20.5. The smallest absolute Gasteiger partial charge is 0.381 e. The number of alkyl halides is 5. The third-order valence-electron chi connectivity index (χ3n) is 6.38. The van der Waals surface area contributed by atoms with E-state index in [0.29, 0.717) is 35.6 Å². The monoisotopic (exact) mass is 511 g/mol. The van der Waals surface area contributed by atoms with Crippen molar-refractivity contribution in [2.75, 3.05) is 28.6 Å². The second kappa shape index (κ2) is 12.9. The molecule has 1 heterocycles. The highest BCUT2D eigenvalue weighted by molar-refractivity contribution is 5.98. The molecule has 1 fully saturated rings. The molecule has 4 nitrogen and oxygen atoms in total. The van der Waals surface area contributed by atoms with Crippen LogP contribution < -0.4 is 15.5 Å². The van der Waals surface area contributed by atoms with Crippen LogP contribution in [0.4, 0.5) is 39.0 Å². The Morgan fingerprint density at radius 1 is 1.00 bits per heavy atom. The third kappa shape index (κ3) is 7.83.